The molecule has 0 aliphatic rings. The zero-order valence-electron chi connectivity index (χ0n) is 8.60. The Kier molecular flexibility index (Phi) is 3.65. The van der Waals surface area contributed by atoms with Crippen molar-refractivity contribution in [3.63, 3.8) is 0 Å². The van der Waals surface area contributed by atoms with Crippen LogP contribution >= 0.6 is 0 Å². The van der Waals surface area contributed by atoms with Gasteiger partial charge in [-0.15, -0.1) is 0 Å². The Labute approximate surface area is 84.5 Å². The SMILES string of the molecule is CN(C)CC(C(N)=O)c1ccccc1. The minimum atomic E-state index is -0.273. The molecule has 76 valence electrons. The molecule has 1 atom stereocenters. The van der Waals surface area contributed by atoms with Gasteiger partial charge < -0.3 is 10.6 Å². The van der Waals surface area contributed by atoms with Gasteiger partial charge in [-0.05, 0) is 19.7 Å². The van der Waals surface area contributed by atoms with Crippen LogP contribution in [0.4, 0.5) is 0 Å². The van der Waals surface area contributed by atoms with E-state index in [4.69, 9.17) is 5.73 Å². The van der Waals surface area contributed by atoms with Crippen molar-refractivity contribution in [2.24, 2.45) is 5.73 Å². The number of rotatable bonds is 4. The molecule has 0 radical (unpaired) electrons. The van der Waals surface area contributed by atoms with Crippen molar-refractivity contribution in [1.29, 1.82) is 0 Å². The normalized spacial score (nSPS) is 12.8. The van der Waals surface area contributed by atoms with E-state index >= 15 is 0 Å². The fraction of sp³-hybridized carbons (Fsp3) is 0.364. The molecule has 0 saturated carbocycles. The number of primary amides is 1. The van der Waals surface area contributed by atoms with Gasteiger partial charge in [-0.3, -0.25) is 4.79 Å². The second-order valence-electron chi connectivity index (χ2n) is 3.63. The lowest BCUT2D eigenvalue weighted by atomic mass is 9.98. The van der Waals surface area contributed by atoms with Crippen molar-refractivity contribution >= 4 is 5.91 Å². The molecule has 0 saturated heterocycles. The number of carbonyl (C=O) groups is 1. The van der Waals surface area contributed by atoms with Gasteiger partial charge in [0.15, 0.2) is 0 Å². The Bertz CT molecular complexity index is 295. The summed E-state index contributed by atoms with van der Waals surface area (Å²) in [6, 6.07) is 9.62. The molecule has 0 aliphatic heterocycles. The lowest BCUT2D eigenvalue weighted by Gasteiger charge is -2.18. The van der Waals surface area contributed by atoms with Crippen LogP contribution in [0.25, 0.3) is 0 Å². The average molecular weight is 192 g/mol. The second kappa shape index (κ2) is 4.77. The number of likely N-dealkylation sites (N-methyl/N-ethyl adjacent to an activating group) is 1. The molecule has 0 spiro atoms. The van der Waals surface area contributed by atoms with Crippen molar-refractivity contribution in [3.05, 3.63) is 35.9 Å². The van der Waals surface area contributed by atoms with Gasteiger partial charge in [0.25, 0.3) is 0 Å². The third kappa shape index (κ3) is 2.85. The van der Waals surface area contributed by atoms with Crippen LogP contribution in [0, 0.1) is 0 Å². The maximum absolute atomic E-state index is 11.2. The Balaban J connectivity index is 2.84. The minimum Gasteiger partial charge on any atom is -0.369 e. The molecule has 1 rings (SSSR count). The minimum absolute atomic E-state index is 0.216. The highest BCUT2D eigenvalue weighted by molar-refractivity contribution is 5.82. The lowest BCUT2D eigenvalue weighted by molar-refractivity contribution is -0.119. The predicted molar refractivity (Wildman–Crippen MR) is 56.9 cm³/mol. The fourth-order valence-electron chi connectivity index (χ4n) is 1.41. The van der Waals surface area contributed by atoms with Crippen LogP contribution in [0.1, 0.15) is 11.5 Å². The van der Waals surface area contributed by atoms with Crippen molar-refractivity contribution in [1.82, 2.24) is 4.90 Å². The number of amides is 1. The standard InChI is InChI=1S/C11H16N2O/c1-13(2)8-10(11(12)14)9-6-4-3-5-7-9/h3-7,10H,8H2,1-2H3,(H2,12,14). The molecule has 1 unspecified atom stereocenters. The van der Waals surface area contributed by atoms with E-state index in [0.29, 0.717) is 6.54 Å². The molecule has 1 amide bonds. The van der Waals surface area contributed by atoms with Gasteiger partial charge in [-0.2, -0.15) is 0 Å². The molecule has 3 nitrogen and oxygen atoms in total. The van der Waals surface area contributed by atoms with Crippen molar-refractivity contribution < 1.29 is 4.79 Å². The average Bonchev–Trinajstić information content (AvgIpc) is 2.15. The fourth-order valence-corrected chi connectivity index (χ4v) is 1.41. The molecule has 14 heavy (non-hydrogen) atoms. The van der Waals surface area contributed by atoms with Crippen LogP contribution < -0.4 is 5.73 Å². The summed E-state index contributed by atoms with van der Waals surface area (Å²) in [7, 11) is 3.86. The van der Waals surface area contributed by atoms with Gasteiger partial charge in [-0.1, -0.05) is 30.3 Å². The smallest absolute Gasteiger partial charge is 0.226 e. The topological polar surface area (TPSA) is 46.3 Å². The van der Waals surface area contributed by atoms with Crippen molar-refractivity contribution in [3.8, 4) is 0 Å². The summed E-state index contributed by atoms with van der Waals surface area (Å²) in [5, 5.41) is 0. The number of hydrogen-bond donors (Lipinski definition) is 1. The van der Waals surface area contributed by atoms with E-state index in [0.717, 1.165) is 5.56 Å². The van der Waals surface area contributed by atoms with E-state index in [2.05, 4.69) is 0 Å². The highest BCUT2D eigenvalue weighted by atomic mass is 16.1. The Morgan fingerprint density at radius 3 is 2.36 bits per heavy atom. The van der Waals surface area contributed by atoms with Crippen LogP contribution in [-0.4, -0.2) is 31.4 Å². The summed E-state index contributed by atoms with van der Waals surface area (Å²) in [6.07, 6.45) is 0. The third-order valence-corrected chi connectivity index (χ3v) is 2.09. The molecule has 0 aliphatic carbocycles. The van der Waals surface area contributed by atoms with Crippen molar-refractivity contribution in [2.75, 3.05) is 20.6 Å². The highest BCUT2D eigenvalue weighted by Gasteiger charge is 2.17. The summed E-state index contributed by atoms with van der Waals surface area (Å²) in [4.78, 5) is 13.2. The van der Waals surface area contributed by atoms with Crippen LogP contribution in [0.2, 0.25) is 0 Å². The molecule has 1 aromatic rings. The third-order valence-electron chi connectivity index (χ3n) is 2.09. The Morgan fingerprint density at radius 2 is 1.93 bits per heavy atom. The number of carbonyl (C=O) groups excluding carboxylic acids is 1. The zero-order valence-corrected chi connectivity index (χ0v) is 8.60. The van der Waals surface area contributed by atoms with Gasteiger partial charge >= 0.3 is 0 Å². The molecule has 3 heteroatoms. The van der Waals surface area contributed by atoms with Gasteiger partial charge in [0.05, 0.1) is 5.92 Å². The molecular weight excluding hydrogens is 176 g/mol. The first kappa shape index (κ1) is 10.7. The zero-order chi connectivity index (χ0) is 10.6. The number of nitrogens with two attached hydrogens (primary N) is 1. The maximum atomic E-state index is 11.2. The molecular formula is C11H16N2O. The summed E-state index contributed by atoms with van der Waals surface area (Å²) < 4.78 is 0. The van der Waals surface area contributed by atoms with Crippen molar-refractivity contribution in [2.45, 2.75) is 5.92 Å². The number of hydrogen-bond acceptors (Lipinski definition) is 2. The summed E-state index contributed by atoms with van der Waals surface area (Å²) in [6.45, 7) is 0.652. The largest absolute Gasteiger partial charge is 0.369 e. The first-order valence-electron chi connectivity index (χ1n) is 4.60. The predicted octanol–water partition coefficient (Wildman–Crippen LogP) is 0.817. The first-order valence-corrected chi connectivity index (χ1v) is 4.60. The number of benzene rings is 1. The van der Waals surface area contributed by atoms with E-state index in [1.54, 1.807) is 0 Å². The second-order valence-corrected chi connectivity index (χ2v) is 3.63. The molecule has 0 fully saturated rings. The van der Waals surface area contributed by atoms with E-state index in [9.17, 15) is 4.79 Å². The van der Waals surface area contributed by atoms with Crippen LogP contribution in [0.3, 0.4) is 0 Å². The van der Waals surface area contributed by atoms with E-state index < -0.39 is 0 Å². The Hall–Kier alpha value is -1.35. The molecule has 0 heterocycles. The molecule has 0 bridgehead atoms. The highest BCUT2D eigenvalue weighted by Crippen LogP contribution is 2.15. The molecule has 2 N–H and O–H groups in total. The van der Waals surface area contributed by atoms with Crippen LogP contribution in [0.5, 0.6) is 0 Å². The monoisotopic (exact) mass is 192 g/mol. The summed E-state index contributed by atoms with van der Waals surface area (Å²) in [5.74, 6) is -0.490. The lowest BCUT2D eigenvalue weighted by Crippen LogP contribution is -2.30. The summed E-state index contributed by atoms with van der Waals surface area (Å²) in [5.41, 5.74) is 6.33. The van der Waals surface area contributed by atoms with Gasteiger partial charge in [-0.25, -0.2) is 0 Å². The van der Waals surface area contributed by atoms with E-state index in [-0.39, 0.29) is 11.8 Å². The molecule has 0 aromatic heterocycles. The van der Waals surface area contributed by atoms with Gasteiger partial charge in [0.1, 0.15) is 0 Å². The maximum Gasteiger partial charge on any atom is 0.226 e. The quantitative estimate of drug-likeness (QED) is 0.767. The van der Waals surface area contributed by atoms with Gasteiger partial charge in [0, 0.05) is 6.54 Å². The summed E-state index contributed by atoms with van der Waals surface area (Å²) >= 11 is 0. The van der Waals surface area contributed by atoms with Crippen LogP contribution in [-0.2, 0) is 4.79 Å². The Morgan fingerprint density at radius 1 is 1.36 bits per heavy atom. The molecule has 1 aromatic carbocycles. The number of nitrogens with zero attached hydrogens (tertiary/aromatic N) is 1. The van der Waals surface area contributed by atoms with Crippen LogP contribution in [0.15, 0.2) is 30.3 Å². The van der Waals surface area contributed by atoms with E-state index in [1.807, 2.05) is 49.3 Å². The first-order chi connectivity index (χ1) is 6.61. The van der Waals surface area contributed by atoms with Gasteiger partial charge in [0.2, 0.25) is 5.91 Å². The van der Waals surface area contributed by atoms with E-state index in [1.165, 1.54) is 0 Å².